The molecule has 3 rings (SSSR count). The number of hydrogen-bond acceptors (Lipinski definition) is 6. The molecule has 1 N–H and O–H groups in total. The summed E-state index contributed by atoms with van der Waals surface area (Å²) < 4.78 is 5.74. The van der Waals surface area contributed by atoms with Gasteiger partial charge in [-0.2, -0.15) is 4.98 Å². The number of carbonyl (C=O) groups excluding carboxylic acids is 1. The summed E-state index contributed by atoms with van der Waals surface area (Å²) in [4.78, 5) is 26.1. The van der Waals surface area contributed by atoms with Crippen LogP contribution in [0.3, 0.4) is 0 Å². The van der Waals surface area contributed by atoms with Crippen molar-refractivity contribution in [3.63, 3.8) is 0 Å². The molecule has 1 aromatic heterocycles. The molecule has 0 unspecified atom stereocenters. The van der Waals surface area contributed by atoms with E-state index in [1.54, 1.807) is 0 Å². The van der Waals surface area contributed by atoms with Gasteiger partial charge in [-0.25, -0.2) is 4.98 Å². The second-order valence-corrected chi connectivity index (χ2v) is 7.58. The Morgan fingerprint density at radius 3 is 2.47 bits per heavy atom. The lowest BCUT2D eigenvalue weighted by Gasteiger charge is -2.35. The predicted octanol–water partition coefficient (Wildman–Crippen LogP) is 3.75. The van der Waals surface area contributed by atoms with Crippen molar-refractivity contribution >= 4 is 17.7 Å². The fourth-order valence-corrected chi connectivity index (χ4v) is 3.49. The van der Waals surface area contributed by atoms with Crippen LogP contribution >= 0.6 is 0 Å². The second kappa shape index (κ2) is 10.8. The highest BCUT2D eigenvalue weighted by Gasteiger charge is 2.24. The van der Waals surface area contributed by atoms with E-state index in [9.17, 15) is 4.79 Å². The largest absolute Gasteiger partial charge is 0.494 e. The number of piperazine rings is 1. The van der Waals surface area contributed by atoms with Crippen molar-refractivity contribution < 1.29 is 9.53 Å². The summed E-state index contributed by atoms with van der Waals surface area (Å²) in [5.41, 5.74) is 1.64. The quantitative estimate of drug-likeness (QED) is 0.634. The minimum absolute atomic E-state index is 0.0608. The summed E-state index contributed by atoms with van der Waals surface area (Å²) in [6.07, 6.45) is 3.41. The van der Waals surface area contributed by atoms with Crippen LogP contribution in [0.4, 0.5) is 11.8 Å². The molecule has 162 valence electrons. The number of amides is 1. The molecule has 0 radical (unpaired) electrons. The van der Waals surface area contributed by atoms with E-state index in [4.69, 9.17) is 4.74 Å². The maximum atomic E-state index is 12.9. The van der Waals surface area contributed by atoms with Crippen LogP contribution in [0, 0.1) is 6.92 Å². The van der Waals surface area contributed by atoms with Gasteiger partial charge in [-0.05, 0) is 44.5 Å². The van der Waals surface area contributed by atoms with Gasteiger partial charge in [-0.3, -0.25) is 4.79 Å². The van der Waals surface area contributed by atoms with Gasteiger partial charge in [0.1, 0.15) is 11.6 Å². The van der Waals surface area contributed by atoms with E-state index in [0.29, 0.717) is 18.7 Å². The van der Waals surface area contributed by atoms with Crippen molar-refractivity contribution in [2.24, 2.45) is 0 Å². The van der Waals surface area contributed by atoms with E-state index in [1.165, 1.54) is 12.8 Å². The Morgan fingerprint density at radius 2 is 1.80 bits per heavy atom. The Labute approximate surface area is 179 Å². The molecule has 1 aliphatic heterocycles. The molecule has 1 fully saturated rings. The number of nitrogens with one attached hydrogen (secondary N) is 1. The smallest absolute Gasteiger partial charge is 0.253 e. The summed E-state index contributed by atoms with van der Waals surface area (Å²) >= 11 is 0. The number of rotatable bonds is 9. The summed E-state index contributed by atoms with van der Waals surface area (Å²) in [5.74, 6) is 2.45. The van der Waals surface area contributed by atoms with Crippen LogP contribution in [0.15, 0.2) is 30.3 Å². The molecule has 1 aromatic carbocycles. The molecule has 7 heteroatoms. The SMILES string of the molecule is CCCCCOc1ccc(C(=O)N2CCN(c3nc(C)cc(NCC)n3)CC2)cc1. The molecular formula is C23H33N5O2. The molecule has 1 saturated heterocycles. The summed E-state index contributed by atoms with van der Waals surface area (Å²) in [7, 11) is 0. The summed E-state index contributed by atoms with van der Waals surface area (Å²) in [6.45, 7) is 10.5. The third kappa shape index (κ3) is 5.84. The van der Waals surface area contributed by atoms with Crippen LogP contribution in [0.25, 0.3) is 0 Å². The molecule has 0 bridgehead atoms. The van der Waals surface area contributed by atoms with Gasteiger partial charge in [-0.15, -0.1) is 0 Å². The molecule has 0 saturated carbocycles. The van der Waals surface area contributed by atoms with Gasteiger partial charge in [0.05, 0.1) is 6.61 Å². The van der Waals surface area contributed by atoms with Crippen LogP contribution in [-0.2, 0) is 0 Å². The first kappa shape index (κ1) is 21.9. The molecule has 2 aromatic rings. The van der Waals surface area contributed by atoms with E-state index >= 15 is 0 Å². The number of benzene rings is 1. The fraction of sp³-hybridized carbons (Fsp3) is 0.522. The zero-order valence-corrected chi connectivity index (χ0v) is 18.4. The summed E-state index contributed by atoms with van der Waals surface area (Å²) in [5, 5.41) is 3.25. The highest BCUT2D eigenvalue weighted by atomic mass is 16.5. The van der Waals surface area contributed by atoms with Crippen LogP contribution in [0.5, 0.6) is 5.75 Å². The lowest BCUT2D eigenvalue weighted by molar-refractivity contribution is 0.0746. The maximum Gasteiger partial charge on any atom is 0.253 e. The zero-order chi connectivity index (χ0) is 21.3. The van der Waals surface area contributed by atoms with Crippen LogP contribution in [0.2, 0.25) is 0 Å². The monoisotopic (exact) mass is 411 g/mol. The van der Waals surface area contributed by atoms with Crippen LogP contribution in [-0.4, -0.2) is 60.1 Å². The Kier molecular flexibility index (Phi) is 7.88. The topological polar surface area (TPSA) is 70.6 Å². The molecule has 0 atom stereocenters. The number of carbonyl (C=O) groups is 1. The second-order valence-electron chi connectivity index (χ2n) is 7.58. The van der Waals surface area contributed by atoms with Gasteiger partial charge in [0.2, 0.25) is 5.95 Å². The van der Waals surface area contributed by atoms with Crippen LogP contribution in [0.1, 0.15) is 49.2 Å². The summed E-state index contributed by atoms with van der Waals surface area (Å²) in [6, 6.07) is 9.44. The van der Waals surface area contributed by atoms with Gasteiger partial charge < -0.3 is 19.9 Å². The van der Waals surface area contributed by atoms with Gasteiger partial charge in [0.15, 0.2) is 0 Å². The van der Waals surface area contributed by atoms with Crippen molar-refractivity contribution in [3.05, 3.63) is 41.6 Å². The van der Waals surface area contributed by atoms with Gasteiger partial charge in [0, 0.05) is 50.0 Å². The Bertz CT molecular complexity index is 817. The predicted molar refractivity (Wildman–Crippen MR) is 121 cm³/mol. The Hall–Kier alpha value is -2.83. The van der Waals surface area contributed by atoms with Crippen LogP contribution < -0.4 is 15.0 Å². The number of aromatic nitrogens is 2. The molecule has 0 aliphatic carbocycles. The third-order valence-electron chi connectivity index (χ3n) is 5.17. The number of unbranched alkanes of at least 4 members (excludes halogenated alkanes) is 2. The van der Waals surface area contributed by atoms with Crippen molar-refractivity contribution in [1.29, 1.82) is 0 Å². The normalized spacial score (nSPS) is 14.0. The molecule has 1 amide bonds. The van der Waals surface area contributed by atoms with E-state index < -0.39 is 0 Å². The average molecular weight is 412 g/mol. The fourth-order valence-electron chi connectivity index (χ4n) is 3.49. The third-order valence-corrected chi connectivity index (χ3v) is 5.17. The molecule has 30 heavy (non-hydrogen) atoms. The number of anilines is 2. The first-order valence-corrected chi connectivity index (χ1v) is 11.0. The molecule has 1 aliphatic rings. The number of hydrogen-bond donors (Lipinski definition) is 1. The number of ether oxygens (including phenoxy) is 1. The van der Waals surface area contributed by atoms with Gasteiger partial charge in [-0.1, -0.05) is 19.8 Å². The van der Waals surface area contributed by atoms with Crippen molar-refractivity contribution in [2.75, 3.05) is 49.5 Å². The standard InChI is InChI=1S/C23H33N5O2/c1-4-6-7-16-30-20-10-8-19(9-11-20)22(29)27-12-14-28(15-13-27)23-25-18(3)17-21(26-23)24-5-2/h8-11,17H,4-7,12-16H2,1-3H3,(H,24,25,26). The zero-order valence-electron chi connectivity index (χ0n) is 18.4. The number of aryl methyl sites for hydroxylation is 1. The van der Waals surface area contributed by atoms with Gasteiger partial charge >= 0.3 is 0 Å². The van der Waals surface area contributed by atoms with E-state index in [0.717, 1.165) is 55.9 Å². The van der Waals surface area contributed by atoms with E-state index in [1.807, 2.05) is 49.1 Å². The van der Waals surface area contributed by atoms with Crippen molar-refractivity contribution in [2.45, 2.75) is 40.0 Å². The van der Waals surface area contributed by atoms with Crippen molar-refractivity contribution in [3.8, 4) is 5.75 Å². The minimum Gasteiger partial charge on any atom is -0.494 e. The molecular weight excluding hydrogens is 378 g/mol. The highest BCUT2D eigenvalue weighted by Crippen LogP contribution is 2.18. The first-order chi connectivity index (χ1) is 14.6. The Balaban J connectivity index is 1.54. The average Bonchev–Trinajstić information content (AvgIpc) is 2.77. The van der Waals surface area contributed by atoms with E-state index in [-0.39, 0.29) is 5.91 Å². The lowest BCUT2D eigenvalue weighted by Crippen LogP contribution is -2.49. The number of nitrogens with zero attached hydrogens (tertiary/aromatic N) is 4. The Morgan fingerprint density at radius 1 is 1.07 bits per heavy atom. The minimum atomic E-state index is 0.0608. The molecule has 7 nitrogen and oxygen atoms in total. The molecule has 2 heterocycles. The lowest BCUT2D eigenvalue weighted by atomic mass is 10.1. The molecule has 0 spiro atoms. The maximum absolute atomic E-state index is 12.9. The highest BCUT2D eigenvalue weighted by molar-refractivity contribution is 5.94. The van der Waals surface area contributed by atoms with Gasteiger partial charge in [0.25, 0.3) is 5.91 Å². The van der Waals surface area contributed by atoms with Crippen molar-refractivity contribution in [1.82, 2.24) is 14.9 Å². The first-order valence-electron chi connectivity index (χ1n) is 11.0. The van der Waals surface area contributed by atoms with E-state index in [2.05, 4.69) is 27.1 Å².